The van der Waals surface area contributed by atoms with Crippen LogP contribution in [0.2, 0.25) is 0 Å². The molecule has 1 unspecified atom stereocenters. The van der Waals surface area contributed by atoms with Crippen LogP contribution >= 0.6 is 0 Å². The molecule has 1 fully saturated rings. The molecule has 4 nitrogen and oxygen atoms in total. The third-order valence-electron chi connectivity index (χ3n) is 4.07. The first kappa shape index (κ1) is 16.3. The number of nitrogens with zero attached hydrogens (tertiary/aromatic N) is 2. The quantitative estimate of drug-likeness (QED) is 0.743. The zero-order chi connectivity index (χ0) is 15.1. The molecule has 0 radical (unpaired) electrons. The highest BCUT2D eigenvalue weighted by Gasteiger charge is 2.24. The highest BCUT2D eigenvalue weighted by molar-refractivity contribution is 5.28. The molecule has 1 atom stereocenters. The monoisotopic (exact) mass is 291 g/mol. The van der Waals surface area contributed by atoms with Gasteiger partial charge in [-0.25, -0.2) is 0 Å². The summed E-state index contributed by atoms with van der Waals surface area (Å²) in [5, 5.41) is 0. The van der Waals surface area contributed by atoms with Gasteiger partial charge in [-0.1, -0.05) is 12.1 Å². The van der Waals surface area contributed by atoms with Crippen molar-refractivity contribution in [1.29, 1.82) is 0 Å². The second kappa shape index (κ2) is 8.37. The molecule has 1 aliphatic rings. The summed E-state index contributed by atoms with van der Waals surface area (Å²) >= 11 is 0. The molecule has 118 valence electrons. The van der Waals surface area contributed by atoms with E-state index in [4.69, 9.17) is 10.5 Å². The lowest BCUT2D eigenvalue weighted by molar-refractivity contribution is 0.191. The maximum atomic E-state index is 5.83. The van der Waals surface area contributed by atoms with Gasteiger partial charge in [-0.3, -0.25) is 4.90 Å². The van der Waals surface area contributed by atoms with Crippen LogP contribution in [0.15, 0.2) is 24.3 Å². The third-order valence-corrected chi connectivity index (χ3v) is 4.07. The fraction of sp³-hybridized carbons (Fsp3) is 0.647. The van der Waals surface area contributed by atoms with Gasteiger partial charge in [0.15, 0.2) is 0 Å². The van der Waals surface area contributed by atoms with Gasteiger partial charge < -0.3 is 15.4 Å². The van der Waals surface area contributed by atoms with E-state index < -0.39 is 0 Å². The van der Waals surface area contributed by atoms with Crippen LogP contribution in [0, 0.1) is 0 Å². The summed E-state index contributed by atoms with van der Waals surface area (Å²) in [7, 11) is 4.31. The molecule has 1 aromatic carbocycles. The highest BCUT2D eigenvalue weighted by Crippen LogP contribution is 2.18. The lowest BCUT2D eigenvalue weighted by atomic mass is 10.2. The number of hydrogen-bond donors (Lipinski definition) is 1. The minimum atomic E-state index is 0.567. The predicted molar refractivity (Wildman–Crippen MR) is 87.6 cm³/mol. The summed E-state index contributed by atoms with van der Waals surface area (Å²) in [6, 6.07) is 8.79. The number of rotatable bonds is 8. The van der Waals surface area contributed by atoms with E-state index in [0.29, 0.717) is 6.54 Å². The molecule has 0 spiro atoms. The van der Waals surface area contributed by atoms with Gasteiger partial charge in [0.2, 0.25) is 0 Å². The van der Waals surface area contributed by atoms with Crippen LogP contribution < -0.4 is 10.5 Å². The van der Waals surface area contributed by atoms with Crippen molar-refractivity contribution >= 4 is 0 Å². The van der Waals surface area contributed by atoms with Gasteiger partial charge in [0.05, 0.1) is 6.61 Å². The summed E-state index contributed by atoms with van der Waals surface area (Å²) in [5.41, 5.74) is 6.77. The Labute approximate surface area is 128 Å². The lowest BCUT2D eigenvalue weighted by Crippen LogP contribution is -2.38. The van der Waals surface area contributed by atoms with Crippen LogP contribution in [-0.2, 0) is 6.54 Å². The van der Waals surface area contributed by atoms with Gasteiger partial charge in [0.25, 0.3) is 0 Å². The van der Waals surface area contributed by atoms with E-state index >= 15 is 0 Å². The maximum Gasteiger partial charge on any atom is 0.119 e. The molecule has 0 aromatic heterocycles. The molecule has 1 saturated heterocycles. The lowest BCUT2D eigenvalue weighted by Gasteiger charge is -2.26. The molecule has 0 bridgehead atoms. The van der Waals surface area contributed by atoms with E-state index in [2.05, 4.69) is 23.9 Å². The van der Waals surface area contributed by atoms with Crippen molar-refractivity contribution in [3.8, 4) is 5.75 Å². The van der Waals surface area contributed by atoms with E-state index in [1.807, 2.05) is 24.3 Å². The molecule has 2 rings (SSSR count). The summed E-state index contributed by atoms with van der Waals surface area (Å²) in [5.74, 6) is 0.934. The molecule has 0 saturated carbocycles. The molecule has 0 amide bonds. The molecule has 0 aliphatic carbocycles. The second-order valence-electron chi connectivity index (χ2n) is 6.15. The van der Waals surface area contributed by atoms with Crippen molar-refractivity contribution in [2.45, 2.75) is 31.8 Å². The molecule has 21 heavy (non-hydrogen) atoms. The largest absolute Gasteiger partial charge is 0.494 e. The molecule has 1 aromatic rings. The van der Waals surface area contributed by atoms with Crippen LogP contribution in [0.4, 0.5) is 0 Å². The van der Waals surface area contributed by atoms with Crippen LogP contribution in [0.3, 0.4) is 0 Å². The Bertz CT molecular complexity index is 422. The standard InChI is InChI=1S/C17H29N3O/c1-19(2)14-16-7-4-9-20(16)10-5-11-21-17-8-3-6-15(12-17)13-18/h3,6,8,12,16H,4-5,7,9-11,13-14,18H2,1-2H3. The Hall–Kier alpha value is -1.10. The van der Waals surface area contributed by atoms with Gasteiger partial charge in [-0.05, 0) is 57.6 Å². The smallest absolute Gasteiger partial charge is 0.119 e. The topological polar surface area (TPSA) is 41.7 Å². The Morgan fingerprint density at radius 3 is 3.00 bits per heavy atom. The van der Waals surface area contributed by atoms with E-state index in [0.717, 1.165) is 36.9 Å². The van der Waals surface area contributed by atoms with Crippen LogP contribution in [0.1, 0.15) is 24.8 Å². The Kier molecular flexibility index (Phi) is 6.49. The zero-order valence-corrected chi connectivity index (χ0v) is 13.4. The predicted octanol–water partition coefficient (Wildman–Crippen LogP) is 1.94. The first-order valence-corrected chi connectivity index (χ1v) is 7.99. The van der Waals surface area contributed by atoms with Gasteiger partial charge >= 0.3 is 0 Å². The van der Waals surface area contributed by atoms with Crippen LogP contribution in [0.25, 0.3) is 0 Å². The number of likely N-dealkylation sites (tertiary alicyclic amines) is 1. The van der Waals surface area contributed by atoms with Crippen molar-refractivity contribution < 1.29 is 4.74 Å². The number of likely N-dealkylation sites (N-methyl/N-ethyl adjacent to an activating group) is 1. The summed E-state index contributed by atoms with van der Waals surface area (Å²) in [4.78, 5) is 4.90. The van der Waals surface area contributed by atoms with Gasteiger partial charge in [-0.15, -0.1) is 0 Å². The van der Waals surface area contributed by atoms with Gasteiger partial charge in [0.1, 0.15) is 5.75 Å². The Morgan fingerprint density at radius 1 is 1.38 bits per heavy atom. The minimum Gasteiger partial charge on any atom is -0.494 e. The SMILES string of the molecule is CN(C)CC1CCCN1CCCOc1cccc(CN)c1. The Balaban J connectivity index is 1.69. The van der Waals surface area contributed by atoms with Crippen LogP contribution in [-0.4, -0.2) is 56.2 Å². The second-order valence-corrected chi connectivity index (χ2v) is 6.15. The fourth-order valence-electron chi connectivity index (χ4n) is 3.04. The van der Waals surface area contributed by atoms with E-state index in [-0.39, 0.29) is 0 Å². The highest BCUT2D eigenvalue weighted by atomic mass is 16.5. The minimum absolute atomic E-state index is 0.567. The van der Waals surface area contributed by atoms with Crippen LogP contribution in [0.5, 0.6) is 5.75 Å². The van der Waals surface area contributed by atoms with Crippen molar-refractivity contribution in [2.75, 3.05) is 40.3 Å². The van der Waals surface area contributed by atoms with Crippen molar-refractivity contribution in [1.82, 2.24) is 9.80 Å². The molecule has 2 N–H and O–H groups in total. The first-order chi connectivity index (χ1) is 10.2. The zero-order valence-electron chi connectivity index (χ0n) is 13.4. The van der Waals surface area contributed by atoms with Crippen molar-refractivity contribution in [2.24, 2.45) is 5.73 Å². The van der Waals surface area contributed by atoms with E-state index in [1.54, 1.807) is 0 Å². The summed E-state index contributed by atoms with van der Waals surface area (Å²) < 4.78 is 5.83. The summed E-state index contributed by atoms with van der Waals surface area (Å²) in [6.45, 7) is 4.88. The maximum absolute atomic E-state index is 5.83. The Morgan fingerprint density at radius 2 is 2.24 bits per heavy atom. The first-order valence-electron chi connectivity index (χ1n) is 7.99. The molecule has 1 heterocycles. The number of ether oxygens (including phenoxy) is 1. The van der Waals surface area contributed by atoms with Gasteiger partial charge in [0, 0.05) is 25.7 Å². The molecular weight excluding hydrogens is 262 g/mol. The third kappa shape index (κ3) is 5.30. The number of hydrogen-bond acceptors (Lipinski definition) is 4. The van der Waals surface area contributed by atoms with E-state index in [9.17, 15) is 0 Å². The molecule has 1 aliphatic heterocycles. The molecule has 4 heteroatoms. The average molecular weight is 291 g/mol. The number of benzene rings is 1. The average Bonchev–Trinajstić information content (AvgIpc) is 2.90. The van der Waals surface area contributed by atoms with Gasteiger partial charge in [-0.2, -0.15) is 0 Å². The van der Waals surface area contributed by atoms with Crippen molar-refractivity contribution in [3.63, 3.8) is 0 Å². The van der Waals surface area contributed by atoms with Crippen molar-refractivity contribution in [3.05, 3.63) is 29.8 Å². The summed E-state index contributed by atoms with van der Waals surface area (Å²) in [6.07, 6.45) is 3.74. The van der Waals surface area contributed by atoms with E-state index in [1.165, 1.54) is 25.9 Å². The molecular formula is C17H29N3O. The fourth-order valence-corrected chi connectivity index (χ4v) is 3.04. The normalized spacial score (nSPS) is 19.3. The number of nitrogens with two attached hydrogens (primary N) is 1.